The molecule has 1 aromatic carbocycles. The standard InChI is InChI=1S/C18H18FNO3/c1-22-17-7-5-12(11-14(17)19)6-8-18(21)20-15-3-2-4-16-13(15)9-10-23-16/h5-11,15H,2-4H2,1H3,(H,20,21)/b8-6+. The van der Waals surface area contributed by atoms with Gasteiger partial charge in [0.05, 0.1) is 19.4 Å². The predicted molar refractivity (Wildman–Crippen MR) is 84.5 cm³/mol. The summed E-state index contributed by atoms with van der Waals surface area (Å²) in [5.74, 6) is 0.467. The minimum absolute atomic E-state index is 0.0257. The van der Waals surface area contributed by atoms with E-state index in [4.69, 9.17) is 9.15 Å². The fourth-order valence-corrected chi connectivity index (χ4v) is 2.81. The first-order chi connectivity index (χ1) is 11.2. The van der Waals surface area contributed by atoms with Gasteiger partial charge in [0, 0.05) is 18.1 Å². The Bertz CT molecular complexity index is 736. The number of carbonyl (C=O) groups is 1. The van der Waals surface area contributed by atoms with Crippen LogP contribution in [-0.4, -0.2) is 13.0 Å². The molecule has 1 atom stereocenters. The molecule has 0 saturated heterocycles. The van der Waals surface area contributed by atoms with Crippen molar-refractivity contribution >= 4 is 12.0 Å². The van der Waals surface area contributed by atoms with E-state index in [2.05, 4.69) is 5.32 Å². The SMILES string of the molecule is COc1ccc(/C=C/C(=O)NC2CCCc3occc32)cc1F. The predicted octanol–water partition coefficient (Wildman–Crippen LogP) is 3.63. The molecule has 0 radical (unpaired) electrons. The number of halogens is 1. The van der Waals surface area contributed by atoms with Gasteiger partial charge in [-0.2, -0.15) is 0 Å². The van der Waals surface area contributed by atoms with Gasteiger partial charge in [0.2, 0.25) is 5.91 Å². The molecule has 0 saturated carbocycles. The van der Waals surface area contributed by atoms with Crippen LogP contribution >= 0.6 is 0 Å². The molecule has 23 heavy (non-hydrogen) atoms. The van der Waals surface area contributed by atoms with Crippen LogP contribution in [-0.2, 0) is 11.2 Å². The van der Waals surface area contributed by atoms with Gasteiger partial charge in [0.25, 0.3) is 0 Å². The Labute approximate surface area is 133 Å². The molecule has 0 bridgehead atoms. The maximum Gasteiger partial charge on any atom is 0.244 e. The van der Waals surface area contributed by atoms with E-state index in [1.54, 1.807) is 18.4 Å². The van der Waals surface area contributed by atoms with Crippen molar-refractivity contribution in [3.05, 3.63) is 59.3 Å². The first-order valence-electron chi connectivity index (χ1n) is 7.56. The normalized spacial score (nSPS) is 17.0. The van der Waals surface area contributed by atoms with E-state index in [1.807, 2.05) is 6.07 Å². The van der Waals surface area contributed by atoms with Gasteiger partial charge in [-0.15, -0.1) is 0 Å². The molecule has 120 valence electrons. The van der Waals surface area contributed by atoms with Crippen LogP contribution in [0.25, 0.3) is 6.08 Å². The first-order valence-corrected chi connectivity index (χ1v) is 7.56. The lowest BCUT2D eigenvalue weighted by atomic mass is 9.93. The van der Waals surface area contributed by atoms with Crippen molar-refractivity contribution in [3.8, 4) is 5.75 Å². The van der Waals surface area contributed by atoms with Gasteiger partial charge >= 0.3 is 0 Å². The molecule has 0 aliphatic heterocycles. The van der Waals surface area contributed by atoms with Crippen LogP contribution in [0.5, 0.6) is 5.75 Å². The number of aryl methyl sites for hydroxylation is 1. The van der Waals surface area contributed by atoms with E-state index in [0.717, 1.165) is 30.6 Å². The highest BCUT2D eigenvalue weighted by Crippen LogP contribution is 2.30. The van der Waals surface area contributed by atoms with Gasteiger partial charge in [-0.1, -0.05) is 6.07 Å². The summed E-state index contributed by atoms with van der Waals surface area (Å²) in [6, 6.07) is 6.44. The molecular formula is C18H18FNO3. The molecule has 1 N–H and O–H groups in total. The average Bonchev–Trinajstić information content (AvgIpc) is 3.03. The zero-order chi connectivity index (χ0) is 16.2. The Kier molecular flexibility index (Phi) is 4.46. The van der Waals surface area contributed by atoms with Crippen molar-refractivity contribution < 1.29 is 18.3 Å². The molecular weight excluding hydrogens is 297 g/mol. The van der Waals surface area contributed by atoms with Crippen LogP contribution < -0.4 is 10.1 Å². The van der Waals surface area contributed by atoms with Crippen LogP contribution in [0.4, 0.5) is 4.39 Å². The lowest BCUT2D eigenvalue weighted by Gasteiger charge is -2.22. The van der Waals surface area contributed by atoms with E-state index in [-0.39, 0.29) is 17.7 Å². The summed E-state index contributed by atoms with van der Waals surface area (Å²) in [6.07, 6.45) is 7.44. The molecule has 1 aliphatic carbocycles. The van der Waals surface area contributed by atoms with Crippen molar-refractivity contribution in [1.82, 2.24) is 5.32 Å². The first kappa shape index (κ1) is 15.3. The third-order valence-corrected chi connectivity index (χ3v) is 3.97. The molecule has 1 unspecified atom stereocenters. The Hall–Kier alpha value is -2.56. The Morgan fingerprint density at radius 2 is 2.30 bits per heavy atom. The minimum Gasteiger partial charge on any atom is -0.494 e. The van der Waals surface area contributed by atoms with E-state index in [9.17, 15) is 9.18 Å². The zero-order valence-electron chi connectivity index (χ0n) is 12.8. The second-order valence-electron chi connectivity index (χ2n) is 5.48. The summed E-state index contributed by atoms with van der Waals surface area (Å²) in [7, 11) is 1.41. The summed E-state index contributed by atoms with van der Waals surface area (Å²) in [6.45, 7) is 0. The molecule has 1 aliphatic rings. The molecule has 0 fully saturated rings. The Morgan fingerprint density at radius 3 is 3.09 bits per heavy atom. The van der Waals surface area contributed by atoms with Gasteiger partial charge in [-0.25, -0.2) is 4.39 Å². The Balaban J connectivity index is 1.65. The summed E-state index contributed by atoms with van der Waals surface area (Å²) < 4.78 is 23.9. The number of carbonyl (C=O) groups excluding carboxylic acids is 1. The summed E-state index contributed by atoms with van der Waals surface area (Å²) in [5, 5.41) is 2.96. The minimum atomic E-state index is -0.453. The lowest BCUT2D eigenvalue weighted by Crippen LogP contribution is -2.29. The lowest BCUT2D eigenvalue weighted by molar-refractivity contribution is -0.117. The summed E-state index contributed by atoms with van der Waals surface area (Å²) in [4.78, 5) is 12.1. The average molecular weight is 315 g/mol. The molecule has 5 heteroatoms. The van der Waals surface area contributed by atoms with Crippen LogP contribution in [0, 0.1) is 5.82 Å². The van der Waals surface area contributed by atoms with Crippen molar-refractivity contribution in [1.29, 1.82) is 0 Å². The molecule has 0 spiro atoms. The molecule has 1 heterocycles. The quantitative estimate of drug-likeness (QED) is 0.877. The molecule has 3 rings (SSSR count). The number of hydrogen-bond acceptors (Lipinski definition) is 3. The highest BCUT2D eigenvalue weighted by Gasteiger charge is 2.23. The van der Waals surface area contributed by atoms with E-state index in [1.165, 1.54) is 25.3 Å². The number of rotatable bonds is 4. The highest BCUT2D eigenvalue weighted by atomic mass is 19.1. The number of fused-ring (bicyclic) bond motifs is 1. The van der Waals surface area contributed by atoms with Crippen molar-refractivity contribution in [3.63, 3.8) is 0 Å². The van der Waals surface area contributed by atoms with Crippen molar-refractivity contribution in [2.45, 2.75) is 25.3 Å². The fourth-order valence-electron chi connectivity index (χ4n) is 2.81. The number of hydrogen-bond donors (Lipinski definition) is 1. The second kappa shape index (κ2) is 6.69. The number of nitrogens with one attached hydrogen (secondary N) is 1. The Morgan fingerprint density at radius 1 is 1.43 bits per heavy atom. The van der Waals surface area contributed by atoms with Gasteiger partial charge in [0.15, 0.2) is 11.6 Å². The number of ether oxygens (including phenoxy) is 1. The third kappa shape index (κ3) is 3.44. The number of amides is 1. The van der Waals surface area contributed by atoms with Crippen molar-refractivity contribution in [2.24, 2.45) is 0 Å². The van der Waals surface area contributed by atoms with E-state index >= 15 is 0 Å². The number of methoxy groups -OCH3 is 1. The maximum atomic E-state index is 13.6. The van der Waals surface area contributed by atoms with E-state index in [0.29, 0.717) is 5.56 Å². The number of benzene rings is 1. The molecule has 1 aromatic heterocycles. The smallest absolute Gasteiger partial charge is 0.244 e. The van der Waals surface area contributed by atoms with Crippen LogP contribution in [0.2, 0.25) is 0 Å². The van der Waals surface area contributed by atoms with Gasteiger partial charge in [-0.05, 0) is 42.7 Å². The van der Waals surface area contributed by atoms with Crippen molar-refractivity contribution in [2.75, 3.05) is 7.11 Å². The molecule has 4 nitrogen and oxygen atoms in total. The fraction of sp³-hybridized carbons (Fsp3) is 0.278. The largest absolute Gasteiger partial charge is 0.494 e. The van der Waals surface area contributed by atoms with E-state index < -0.39 is 5.82 Å². The van der Waals surface area contributed by atoms with Crippen LogP contribution in [0.3, 0.4) is 0 Å². The topological polar surface area (TPSA) is 51.5 Å². The molecule has 1 amide bonds. The van der Waals surface area contributed by atoms with Gasteiger partial charge in [-0.3, -0.25) is 4.79 Å². The van der Waals surface area contributed by atoms with Gasteiger partial charge < -0.3 is 14.5 Å². The third-order valence-electron chi connectivity index (χ3n) is 3.97. The monoisotopic (exact) mass is 315 g/mol. The van der Waals surface area contributed by atoms with Crippen LogP contribution in [0.15, 0.2) is 41.0 Å². The number of furan rings is 1. The highest BCUT2D eigenvalue weighted by molar-refractivity contribution is 5.92. The zero-order valence-corrected chi connectivity index (χ0v) is 12.8. The molecule has 2 aromatic rings. The maximum absolute atomic E-state index is 13.6. The summed E-state index contributed by atoms with van der Waals surface area (Å²) >= 11 is 0. The second-order valence-corrected chi connectivity index (χ2v) is 5.48. The van der Waals surface area contributed by atoms with Gasteiger partial charge in [0.1, 0.15) is 5.76 Å². The van der Waals surface area contributed by atoms with Crippen LogP contribution in [0.1, 0.15) is 35.8 Å². The summed E-state index contributed by atoms with van der Waals surface area (Å²) in [5.41, 5.74) is 1.65.